The van der Waals surface area contributed by atoms with Crippen LogP contribution in [-0.4, -0.2) is 30.2 Å². The lowest BCUT2D eigenvalue weighted by molar-refractivity contribution is -0.159. The summed E-state index contributed by atoms with van der Waals surface area (Å²) in [7, 11) is -4.16. The number of carbonyl (C=O) groups is 2. The Balaban J connectivity index is 1.53. The molecule has 3 aromatic rings. The second kappa shape index (κ2) is 16.4. The molecule has 9 heteroatoms. The first-order valence-corrected chi connectivity index (χ1v) is 16.6. The van der Waals surface area contributed by atoms with Crippen LogP contribution in [0.3, 0.4) is 0 Å². The summed E-state index contributed by atoms with van der Waals surface area (Å²) in [6.07, 6.45) is 6.98. The Morgan fingerprint density at radius 3 is 2.09 bits per heavy atom. The molecule has 1 unspecified atom stereocenters. The normalized spacial score (nSPS) is 12.8. The Kier molecular flexibility index (Phi) is 13.0. The summed E-state index contributed by atoms with van der Waals surface area (Å²) >= 11 is 0. The number of hydrogen-bond acceptors (Lipinski definition) is 6. The van der Waals surface area contributed by atoms with Crippen molar-refractivity contribution in [3.63, 3.8) is 0 Å². The highest BCUT2D eigenvalue weighted by Gasteiger charge is 2.26. The molecule has 0 saturated carbocycles. The number of benzene rings is 3. The van der Waals surface area contributed by atoms with Gasteiger partial charge in [0, 0.05) is 11.3 Å². The third-order valence-corrected chi connectivity index (χ3v) is 8.04. The van der Waals surface area contributed by atoms with Crippen LogP contribution in [0.2, 0.25) is 0 Å². The summed E-state index contributed by atoms with van der Waals surface area (Å²) in [5, 5.41) is 2.82. The van der Waals surface area contributed by atoms with Gasteiger partial charge in [0.25, 0.3) is 5.91 Å². The molecule has 0 aromatic heterocycles. The summed E-state index contributed by atoms with van der Waals surface area (Å²) in [5.41, 5.74) is 2.46. The van der Waals surface area contributed by atoms with E-state index in [4.69, 9.17) is 14.0 Å². The predicted molar refractivity (Wildman–Crippen MR) is 170 cm³/mol. The molecule has 0 spiro atoms. The zero-order valence-electron chi connectivity index (χ0n) is 25.6. The monoisotopic (exact) mass is 609 g/mol. The number of esters is 1. The van der Waals surface area contributed by atoms with Crippen molar-refractivity contribution >= 4 is 25.2 Å². The molecule has 1 amide bonds. The van der Waals surface area contributed by atoms with Crippen molar-refractivity contribution in [2.45, 2.75) is 72.4 Å². The zero-order valence-corrected chi connectivity index (χ0v) is 26.5. The van der Waals surface area contributed by atoms with Crippen LogP contribution >= 0.6 is 7.60 Å². The quantitative estimate of drug-likeness (QED) is 0.0724. The van der Waals surface area contributed by atoms with Crippen LogP contribution in [0.15, 0.2) is 72.8 Å². The standard InChI is InChI=1S/C34H44NO7P/c1-5-6-7-8-9-12-23-40-30-21-19-27(20-22-30)26-15-17-28(18-16-26)32(36)35-31-14-11-10-13-29(31)24-43(38,39)42-25-41-33(37)34(2,3)4/h10-11,13-22H,5-9,12,23-25H2,1-4H3,(H,35,36)(H,38,39). The Morgan fingerprint density at radius 2 is 1.44 bits per heavy atom. The summed E-state index contributed by atoms with van der Waals surface area (Å²) in [5.74, 6) is -0.0584. The minimum absolute atomic E-state index is 0.356. The summed E-state index contributed by atoms with van der Waals surface area (Å²) in [6, 6.07) is 21.8. The van der Waals surface area contributed by atoms with E-state index in [1.165, 1.54) is 32.1 Å². The summed E-state index contributed by atoms with van der Waals surface area (Å²) < 4.78 is 28.5. The molecule has 0 bridgehead atoms. The average molecular weight is 610 g/mol. The number of amides is 1. The maximum Gasteiger partial charge on any atom is 0.335 e. The molecule has 0 radical (unpaired) electrons. The van der Waals surface area contributed by atoms with Gasteiger partial charge in [-0.1, -0.05) is 81.5 Å². The molecule has 43 heavy (non-hydrogen) atoms. The molecular weight excluding hydrogens is 565 g/mol. The fourth-order valence-corrected chi connectivity index (χ4v) is 5.26. The fraction of sp³-hybridized carbons (Fsp3) is 0.412. The first-order chi connectivity index (χ1) is 20.5. The number of anilines is 1. The zero-order chi connectivity index (χ0) is 31.3. The van der Waals surface area contributed by atoms with Crippen LogP contribution in [0.1, 0.15) is 82.1 Å². The Labute approximate surface area is 255 Å². The lowest BCUT2D eigenvalue weighted by Gasteiger charge is -2.18. The fourth-order valence-electron chi connectivity index (χ4n) is 4.24. The van der Waals surface area contributed by atoms with E-state index in [0.29, 0.717) is 23.4 Å². The maximum absolute atomic E-state index is 13.0. The minimum Gasteiger partial charge on any atom is -0.494 e. The van der Waals surface area contributed by atoms with Gasteiger partial charge in [0.2, 0.25) is 6.79 Å². The van der Waals surface area contributed by atoms with Crippen LogP contribution in [0.25, 0.3) is 11.1 Å². The number of carbonyl (C=O) groups excluding carboxylic acids is 2. The van der Waals surface area contributed by atoms with E-state index in [1.54, 1.807) is 57.2 Å². The lowest BCUT2D eigenvalue weighted by Crippen LogP contribution is -2.23. The minimum atomic E-state index is -4.16. The highest BCUT2D eigenvalue weighted by molar-refractivity contribution is 7.51. The molecule has 232 valence electrons. The summed E-state index contributed by atoms with van der Waals surface area (Å²) in [6.45, 7) is 7.31. The van der Waals surface area contributed by atoms with Crippen molar-refractivity contribution in [1.82, 2.24) is 0 Å². The second-order valence-electron chi connectivity index (χ2n) is 11.6. The van der Waals surface area contributed by atoms with Crippen molar-refractivity contribution < 1.29 is 33.0 Å². The van der Waals surface area contributed by atoms with Crippen molar-refractivity contribution in [2.75, 3.05) is 18.7 Å². The molecule has 3 rings (SSSR count). The van der Waals surface area contributed by atoms with Crippen LogP contribution in [0.5, 0.6) is 5.75 Å². The van der Waals surface area contributed by atoms with Gasteiger partial charge < -0.3 is 19.7 Å². The van der Waals surface area contributed by atoms with Gasteiger partial charge in [-0.05, 0) is 74.2 Å². The maximum atomic E-state index is 13.0. The molecule has 3 aromatic carbocycles. The van der Waals surface area contributed by atoms with Gasteiger partial charge in [0.15, 0.2) is 0 Å². The van der Waals surface area contributed by atoms with E-state index < -0.39 is 25.8 Å². The van der Waals surface area contributed by atoms with Crippen LogP contribution in [-0.2, 0) is 24.8 Å². The van der Waals surface area contributed by atoms with Crippen molar-refractivity contribution in [2.24, 2.45) is 5.41 Å². The molecule has 0 saturated heterocycles. The predicted octanol–water partition coefficient (Wildman–Crippen LogP) is 8.59. The van der Waals surface area contributed by atoms with Crippen molar-refractivity contribution in [3.8, 4) is 16.9 Å². The first kappa shape index (κ1) is 34.0. The van der Waals surface area contributed by atoms with Crippen LogP contribution in [0.4, 0.5) is 5.69 Å². The first-order valence-electron chi connectivity index (χ1n) is 14.8. The molecule has 0 aliphatic heterocycles. The smallest absolute Gasteiger partial charge is 0.335 e. The molecular formula is C34H44NO7P. The van der Waals surface area contributed by atoms with E-state index >= 15 is 0 Å². The van der Waals surface area contributed by atoms with Gasteiger partial charge in [-0.15, -0.1) is 0 Å². The third-order valence-electron chi connectivity index (χ3n) is 6.79. The molecule has 1 atom stereocenters. The Hall–Kier alpha value is -3.45. The molecule has 0 aliphatic rings. The van der Waals surface area contributed by atoms with Gasteiger partial charge in [-0.25, -0.2) is 0 Å². The van der Waals surface area contributed by atoms with Gasteiger partial charge in [-0.2, -0.15) is 0 Å². The highest BCUT2D eigenvalue weighted by Crippen LogP contribution is 2.47. The largest absolute Gasteiger partial charge is 0.494 e. The van der Waals surface area contributed by atoms with Crippen molar-refractivity contribution in [1.29, 1.82) is 0 Å². The lowest BCUT2D eigenvalue weighted by atomic mass is 9.98. The van der Waals surface area contributed by atoms with E-state index in [0.717, 1.165) is 23.3 Å². The number of ether oxygens (including phenoxy) is 2. The van der Waals surface area contributed by atoms with Gasteiger partial charge in [0.1, 0.15) is 5.75 Å². The van der Waals surface area contributed by atoms with E-state index in [1.807, 2.05) is 36.4 Å². The Morgan fingerprint density at radius 1 is 0.837 bits per heavy atom. The second-order valence-corrected chi connectivity index (χ2v) is 13.4. The van der Waals surface area contributed by atoms with Gasteiger partial charge in [-0.3, -0.25) is 18.7 Å². The molecule has 0 heterocycles. The SMILES string of the molecule is CCCCCCCCOc1ccc(-c2ccc(C(=O)Nc3ccccc3CP(=O)(O)OCOC(=O)C(C)(C)C)cc2)cc1. The van der Waals surface area contributed by atoms with E-state index in [2.05, 4.69) is 12.2 Å². The van der Waals surface area contributed by atoms with Crippen molar-refractivity contribution in [3.05, 3.63) is 83.9 Å². The van der Waals surface area contributed by atoms with Crippen LogP contribution in [0, 0.1) is 5.41 Å². The number of para-hydroxylation sites is 1. The highest BCUT2D eigenvalue weighted by atomic mass is 31.2. The molecule has 0 aliphatic carbocycles. The summed E-state index contributed by atoms with van der Waals surface area (Å²) in [4.78, 5) is 35.2. The number of unbranched alkanes of at least 4 members (excludes halogenated alkanes) is 5. The molecule has 0 fully saturated rings. The Bertz CT molecular complexity index is 1360. The number of nitrogens with one attached hydrogen (secondary N) is 1. The molecule has 2 N–H and O–H groups in total. The van der Waals surface area contributed by atoms with Crippen LogP contribution < -0.4 is 10.1 Å². The topological polar surface area (TPSA) is 111 Å². The average Bonchev–Trinajstić information content (AvgIpc) is 2.97. The number of rotatable bonds is 16. The van der Waals surface area contributed by atoms with Gasteiger partial charge >= 0.3 is 13.6 Å². The van der Waals surface area contributed by atoms with Gasteiger partial charge in [0.05, 0.1) is 18.2 Å². The van der Waals surface area contributed by atoms with E-state index in [-0.39, 0.29) is 12.1 Å². The number of hydrogen-bond donors (Lipinski definition) is 2. The third kappa shape index (κ3) is 11.6. The molecule has 8 nitrogen and oxygen atoms in total. The van der Waals surface area contributed by atoms with E-state index in [9.17, 15) is 19.0 Å².